The van der Waals surface area contributed by atoms with Crippen LogP contribution in [0.3, 0.4) is 0 Å². The van der Waals surface area contributed by atoms with Gasteiger partial charge in [0.1, 0.15) is 0 Å². The highest BCUT2D eigenvalue weighted by Crippen LogP contribution is 2.48. The molecule has 2 amide bonds. The van der Waals surface area contributed by atoms with Crippen LogP contribution in [0.15, 0.2) is 30.4 Å². The minimum absolute atomic E-state index is 0.0803. The third-order valence-corrected chi connectivity index (χ3v) is 6.46. The van der Waals surface area contributed by atoms with Gasteiger partial charge in [0.25, 0.3) is 5.91 Å². The Labute approximate surface area is 168 Å². The molecule has 2 aliphatic carbocycles. The Morgan fingerprint density at radius 2 is 1.71 bits per heavy atom. The number of hydrogen-bond donors (Lipinski definition) is 1. The van der Waals surface area contributed by atoms with E-state index in [1.54, 1.807) is 23.1 Å². The minimum Gasteiger partial charge on any atom is -0.550 e. The Morgan fingerprint density at radius 3 is 2.36 bits per heavy atom. The molecule has 1 aliphatic heterocycles. The van der Waals surface area contributed by atoms with Crippen molar-refractivity contribution in [2.45, 2.75) is 25.7 Å². The number of nitrogens with one attached hydrogen (secondary N) is 1. The Kier molecular flexibility index (Phi) is 5.15. The fourth-order valence-electron chi connectivity index (χ4n) is 4.76. The predicted octanol–water partition coefficient (Wildman–Crippen LogP) is 2.09. The number of carbonyl (C=O) groups excluding carboxylic acids is 3. The summed E-state index contributed by atoms with van der Waals surface area (Å²) in [6, 6.07) is 4.80. The highest BCUT2D eigenvalue weighted by Gasteiger charge is 2.48. The topological polar surface area (TPSA) is 89.5 Å². The number of hydrogen-bond acceptors (Lipinski definition) is 4. The lowest BCUT2D eigenvalue weighted by atomic mass is 9.82. The van der Waals surface area contributed by atoms with Crippen molar-refractivity contribution in [1.82, 2.24) is 4.90 Å². The quantitative estimate of drug-likeness (QED) is 0.782. The lowest BCUT2D eigenvalue weighted by Gasteiger charge is -2.28. The maximum absolute atomic E-state index is 12.7. The van der Waals surface area contributed by atoms with Crippen LogP contribution in [0.5, 0.6) is 0 Å². The molecule has 1 N–H and O–H groups in total. The Morgan fingerprint density at radius 1 is 1.04 bits per heavy atom. The van der Waals surface area contributed by atoms with Crippen LogP contribution in [-0.4, -0.2) is 35.8 Å². The van der Waals surface area contributed by atoms with Crippen molar-refractivity contribution < 1.29 is 19.5 Å². The molecule has 2 fully saturated rings. The molecule has 1 saturated heterocycles. The number of carboxylic acid groups (broad SMARTS) is 1. The van der Waals surface area contributed by atoms with E-state index in [1.807, 2.05) is 12.2 Å². The zero-order valence-corrected chi connectivity index (χ0v) is 16.2. The SMILES string of the molecule is O=C([O-])[C@H]1[C@H](C(=O)Nc2ccc(C(=O)N3CCCCC3)c(Cl)c2)[C@H]2C=C[C@@H]1C2. The van der Waals surface area contributed by atoms with E-state index in [4.69, 9.17) is 11.6 Å². The standard InChI is InChI=1S/C21H23ClN2O4/c22-16-11-14(6-7-15(16)20(26)24-8-2-1-3-9-24)23-19(25)17-12-4-5-13(10-12)18(17)21(27)28/h4-7,11-13,17-18H,1-3,8-10H2,(H,23,25)(H,27,28)/p-1/t12-,13+,17+,18+/m0/s1. The van der Waals surface area contributed by atoms with Crippen LogP contribution in [0, 0.1) is 23.7 Å². The summed E-state index contributed by atoms with van der Waals surface area (Å²) in [5.41, 5.74) is 0.867. The molecule has 1 heterocycles. The normalized spacial score (nSPS) is 28.4. The van der Waals surface area contributed by atoms with Gasteiger partial charge in [-0.05, 0) is 55.7 Å². The van der Waals surface area contributed by atoms with E-state index in [-0.39, 0.29) is 28.7 Å². The minimum atomic E-state index is -1.18. The first-order valence-corrected chi connectivity index (χ1v) is 10.1. The highest BCUT2D eigenvalue weighted by molar-refractivity contribution is 6.34. The second-order valence-electron chi connectivity index (χ2n) is 7.86. The molecule has 4 rings (SSSR count). The van der Waals surface area contributed by atoms with E-state index in [2.05, 4.69) is 5.32 Å². The summed E-state index contributed by atoms with van der Waals surface area (Å²) in [6.45, 7) is 1.46. The van der Waals surface area contributed by atoms with Crippen molar-refractivity contribution in [2.24, 2.45) is 23.7 Å². The van der Waals surface area contributed by atoms with Gasteiger partial charge in [0, 0.05) is 30.7 Å². The first-order valence-electron chi connectivity index (χ1n) is 9.74. The first-order chi connectivity index (χ1) is 13.5. The number of anilines is 1. The maximum Gasteiger partial charge on any atom is 0.255 e. The number of benzene rings is 1. The largest absolute Gasteiger partial charge is 0.550 e. The van der Waals surface area contributed by atoms with Crippen LogP contribution in [-0.2, 0) is 9.59 Å². The van der Waals surface area contributed by atoms with Crippen LogP contribution < -0.4 is 10.4 Å². The zero-order chi connectivity index (χ0) is 19.8. The Balaban J connectivity index is 1.47. The van der Waals surface area contributed by atoms with Gasteiger partial charge in [0.2, 0.25) is 5.91 Å². The molecular formula is C21H22ClN2O4-. The third kappa shape index (κ3) is 3.41. The van der Waals surface area contributed by atoms with Crippen LogP contribution in [0.4, 0.5) is 5.69 Å². The number of aliphatic carboxylic acids is 1. The van der Waals surface area contributed by atoms with E-state index in [9.17, 15) is 19.5 Å². The Hall–Kier alpha value is -2.34. The van der Waals surface area contributed by atoms with E-state index in [1.165, 1.54) is 0 Å². The van der Waals surface area contributed by atoms with Gasteiger partial charge in [-0.15, -0.1) is 0 Å². The van der Waals surface area contributed by atoms with E-state index in [0.29, 0.717) is 17.7 Å². The molecule has 4 atom stereocenters. The fraction of sp³-hybridized carbons (Fsp3) is 0.476. The molecule has 28 heavy (non-hydrogen) atoms. The van der Waals surface area contributed by atoms with Crippen molar-refractivity contribution in [1.29, 1.82) is 0 Å². The summed E-state index contributed by atoms with van der Waals surface area (Å²) in [5.74, 6) is -3.30. The fourth-order valence-corrected chi connectivity index (χ4v) is 5.02. The number of carbonyl (C=O) groups is 3. The molecular weight excluding hydrogens is 380 g/mol. The number of nitrogens with zero attached hydrogens (tertiary/aromatic N) is 1. The highest BCUT2D eigenvalue weighted by atomic mass is 35.5. The average molecular weight is 402 g/mol. The van der Waals surface area contributed by atoms with E-state index in [0.717, 1.165) is 32.4 Å². The first kappa shape index (κ1) is 19.0. The van der Waals surface area contributed by atoms with Gasteiger partial charge in [0.05, 0.1) is 16.5 Å². The lowest BCUT2D eigenvalue weighted by Crippen LogP contribution is -2.42. The van der Waals surface area contributed by atoms with Crippen molar-refractivity contribution in [3.63, 3.8) is 0 Å². The van der Waals surface area contributed by atoms with Gasteiger partial charge in [-0.3, -0.25) is 9.59 Å². The summed E-state index contributed by atoms with van der Waals surface area (Å²) < 4.78 is 0. The number of fused-ring (bicyclic) bond motifs is 2. The number of likely N-dealkylation sites (tertiary alicyclic amines) is 1. The molecule has 2 bridgehead atoms. The second kappa shape index (κ2) is 7.59. The van der Waals surface area contributed by atoms with Crippen molar-refractivity contribution in [3.05, 3.63) is 40.9 Å². The number of halogens is 1. The lowest BCUT2D eigenvalue weighted by molar-refractivity contribution is -0.313. The van der Waals surface area contributed by atoms with E-state index >= 15 is 0 Å². The molecule has 1 saturated carbocycles. The number of rotatable bonds is 4. The van der Waals surface area contributed by atoms with Crippen LogP contribution in [0.25, 0.3) is 0 Å². The van der Waals surface area contributed by atoms with Crippen LogP contribution in [0.1, 0.15) is 36.0 Å². The summed E-state index contributed by atoms with van der Waals surface area (Å²) in [7, 11) is 0. The molecule has 6 nitrogen and oxygen atoms in total. The monoisotopic (exact) mass is 401 g/mol. The van der Waals surface area contributed by atoms with Crippen molar-refractivity contribution in [3.8, 4) is 0 Å². The van der Waals surface area contributed by atoms with Crippen LogP contribution >= 0.6 is 11.6 Å². The summed E-state index contributed by atoms with van der Waals surface area (Å²) in [4.78, 5) is 38.7. The smallest absolute Gasteiger partial charge is 0.255 e. The maximum atomic E-state index is 12.7. The number of piperidine rings is 1. The molecule has 7 heteroatoms. The molecule has 0 unspecified atom stereocenters. The molecule has 0 radical (unpaired) electrons. The summed E-state index contributed by atoms with van der Waals surface area (Å²) >= 11 is 6.31. The van der Waals surface area contributed by atoms with Gasteiger partial charge in [-0.25, -0.2) is 0 Å². The molecule has 148 valence electrons. The number of carboxylic acids is 1. The third-order valence-electron chi connectivity index (χ3n) is 6.14. The number of allylic oxidation sites excluding steroid dienone is 2. The molecule has 0 aromatic heterocycles. The van der Waals surface area contributed by atoms with Gasteiger partial charge in [0.15, 0.2) is 0 Å². The molecule has 1 aromatic carbocycles. The van der Waals surface area contributed by atoms with Gasteiger partial charge >= 0.3 is 0 Å². The molecule has 0 spiro atoms. The Bertz CT molecular complexity index is 847. The average Bonchev–Trinajstić information content (AvgIpc) is 3.30. The van der Waals surface area contributed by atoms with Gasteiger partial charge < -0.3 is 20.1 Å². The van der Waals surface area contributed by atoms with Crippen molar-refractivity contribution >= 4 is 35.1 Å². The molecule has 1 aromatic rings. The summed E-state index contributed by atoms with van der Waals surface area (Å²) in [6.07, 6.45) is 7.58. The molecule has 3 aliphatic rings. The zero-order valence-electron chi connectivity index (χ0n) is 15.4. The predicted molar refractivity (Wildman–Crippen MR) is 103 cm³/mol. The van der Waals surface area contributed by atoms with Crippen molar-refractivity contribution in [2.75, 3.05) is 18.4 Å². The summed E-state index contributed by atoms with van der Waals surface area (Å²) in [5, 5.41) is 14.5. The van der Waals surface area contributed by atoms with Gasteiger partial charge in [-0.1, -0.05) is 23.8 Å². The number of amides is 2. The second-order valence-corrected chi connectivity index (χ2v) is 8.26. The van der Waals surface area contributed by atoms with Crippen LogP contribution in [0.2, 0.25) is 5.02 Å². The van der Waals surface area contributed by atoms with E-state index < -0.39 is 17.8 Å². The van der Waals surface area contributed by atoms with Gasteiger partial charge in [-0.2, -0.15) is 0 Å².